The number of halogens is 2. The van der Waals surface area contributed by atoms with Crippen LogP contribution in [0.15, 0.2) is 23.2 Å². The van der Waals surface area contributed by atoms with Gasteiger partial charge < -0.3 is 25.6 Å². The van der Waals surface area contributed by atoms with E-state index in [0.717, 1.165) is 18.5 Å². The van der Waals surface area contributed by atoms with Crippen LogP contribution in [0.4, 0.5) is 14.9 Å². The lowest BCUT2D eigenvalue weighted by molar-refractivity contribution is 0.0527. The number of nitrogens with one attached hydrogen (secondary N) is 3. The molecule has 0 unspecified atom stereocenters. The van der Waals surface area contributed by atoms with Crippen LogP contribution in [0.3, 0.4) is 0 Å². The molecule has 1 aromatic carbocycles. The Balaban J connectivity index is 0.00000784. The summed E-state index contributed by atoms with van der Waals surface area (Å²) in [6.45, 7) is 9.68. The summed E-state index contributed by atoms with van der Waals surface area (Å²) in [5, 5.41) is 9.07. The van der Waals surface area contributed by atoms with Gasteiger partial charge in [0, 0.05) is 33.7 Å². The van der Waals surface area contributed by atoms with Gasteiger partial charge in [-0.05, 0) is 51.8 Å². The van der Waals surface area contributed by atoms with Crippen LogP contribution in [0.25, 0.3) is 0 Å². The molecule has 1 rings (SSSR count). The summed E-state index contributed by atoms with van der Waals surface area (Å²) in [5.41, 5.74) is 0.847. The summed E-state index contributed by atoms with van der Waals surface area (Å²) < 4.78 is 19.2. The van der Waals surface area contributed by atoms with E-state index in [1.165, 1.54) is 6.07 Å². The summed E-state index contributed by atoms with van der Waals surface area (Å²) >= 11 is 0. The average Bonchev–Trinajstić information content (AvgIpc) is 2.57. The minimum atomic E-state index is -0.503. The van der Waals surface area contributed by atoms with E-state index in [2.05, 4.69) is 20.9 Å². The van der Waals surface area contributed by atoms with Crippen molar-refractivity contribution >= 4 is 41.7 Å². The van der Waals surface area contributed by atoms with Crippen LogP contribution in [0.2, 0.25) is 0 Å². The molecule has 0 saturated heterocycles. The third-order valence-corrected chi connectivity index (χ3v) is 3.57. The molecule has 29 heavy (non-hydrogen) atoms. The lowest BCUT2D eigenvalue weighted by Crippen LogP contribution is -2.39. The maximum atomic E-state index is 14.1. The fourth-order valence-corrected chi connectivity index (χ4v) is 2.32. The van der Waals surface area contributed by atoms with Crippen LogP contribution in [-0.4, -0.2) is 51.4 Å². The number of carbonyl (C=O) groups is 1. The van der Waals surface area contributed by atoms with E-state index in [1.807, 2.05) is 33.8 Å². The summed E-state index contributed by atoms with van der Waals surface area (Å²) in [5.74, 6) is 0.390. The number of ether oxygens (including phenoxy) is 1. The number of amides is 1. The van der Waals surface area contributed by atoms with Gasteiger partial charge in [0.15, 0.2) is 5.96 Å². The number of anilines is 1. The molecule has 0 radical (unpaired) electrons. The maximum absolute atomic E-state index is 14.1. The molecule has 0 aliphatic rings. The van der Waals surface area contributed by atoms with Crippen molar-refractivity contribution in [1.29, 1.82) is 0 Å². The van der Waals surface area contributed by atoms with E-state index < -0.39 is 11.7 Å². The lowest BCUT2D eigenvalue weighted by Gasteiger charge is -2.19. The Bertz CT molecular complexity index is 663. The standard InChI is InChI=1S/C20H34FN5O2.HI/c1-7-22-18(23-11-8-12-24-19(27)28-20(2,3)4)25-14-15-9-10-17(26(5)6)16(21)13-15;/h9-10,13H,7-8,11-12,14H2,1-6H3,(H,24,27)(H2,22,23,25);1H. The van der Waals surface area contributed by atoms with Crippen LogP contribution in [0.1, 0.15) is 39.7 Å². The van der Waals surface area contributed by atoms with Crippen molar-refractivity contribution in [2.45, 2.75) is 46.3 Å². The Morgan fingerprint density at radius 3 is 2.38 bits per heavy atom. The van der Waals surface area contributed by atoms with Crippen molar-refractivity contribution in [1.82, 2.24) is 16.0 Å². The van der Waals surface area contributed by atoms with Gasteiger partial charge in [-0.15, -0.1) is 24.0 Å². The molecule has 0 aliphatic carbocycles. The van der Waals surface area contributed by atoms with Crippen LogP contribution in [-0.2, 0) is 11.3 Å². The SMILES string of the molecule is CCNC(=NCc1ccc(N(C)C)c(F)c1)NCCCNC(=O)OC(C)(C)C.I. The first-order valence-corrected chi connectivity index (χ1v) is 9.57. The molecule has 0 heterocycles. The molecule has 1 aromatic rings. The number of benzene rings is 1. The molecule has 1 amide bonds. The number of hydrogen-bond donors (Lipinski definition) is 3. The maximum Gasteiger partial charge on any atom is 0.407 e. The molecule has 3 N–H and O–H groups in total. The highest BCUT2D eigenvalue weighted by atomic mass is 127. The molecule has 0 spiro atoms. The smallest absolute Gasteiger partial charge is 0.407 e. The first-order valence-electron chi connectivity index (χ1n) is 9.57. The highest BCUT2D eigenvalue weighted by Crippen LogP contribution is 2.18. The molecule has 0 fully saturated rings. The molecule has 7 nitrogen and oxygen atoms in total. The fraction of sp³-hybridized carbons (Fsp3) is 0.600. The van der Waals surface area contributed by atoms with Crippen molar-refractivity contribution in [2.75, 3.05) is 38.6 Å². The minimum absolute atomic E-state index is 0. The Kier molecular flexibility index (Phi) is 12.6. The van der Waals surface area contributed by atoms with Gasteiger partial charge in [0.25, 0.3) is 0 Å². The van der Waals surface area contributed by atoms with Crippen LogP contribution in [0.5, 0.6) is 0 Å². The normalized spacial score (nSPS) is 11.3. The first-order chi connectivity index (χ1) is 13.1. The quantitative estimate of drug-likeness (QED) is 0.211. The van der Waals surface area contributed by atoms with Crippen molar-refractivity contribution < 1.29 is 13.9 Å². The topological polar surface area (TPSA) is 78.0 Å². The molecule has 0 saturated carbocycles. The van der Waals surface area contributed by atoms with E-state index in [4.69, 9.17) is 4.74 Å². The Hall–Kier alpha value is -1.78. The van der Waals surface area contributed by atoms with E-state index in [9.17, 15) is 9.18 Å². The summed E-state index contributed by atoms with van der Waals surface area (Å²) in [6.07, 6.45) is 0.298. The third kappa shape index (κ3) is 11.7. The van der Waals surface area contributed by atoms with Gasteiger partial charge in [0.2, 0.25) is 0 Å². The zero-order valence-corrected chi connectivity index (χ0v) is 20.6. The second kappa shape index (κ2) is 13.4. The van der Waals surface area contributed by atoms with Crippen molar-refractivity contribution in [2.24, 2.45) is 4.99 Å². The minimum Gasteiger partial charge on any atom is -0.444 e. The van der Waals surface area contributed by atoms with Gasteiger partial charge in [-0.3, -0.25) is 0 Å². The van der Waals surface area contributed by atoms with Crippen molar-refractivity contribution in [3.05, 3.63) is 29.6 Å². The second-order valence-corrected chi connectivity index (χ2v) is 7.58. The van der Waals surface area contributed by atoms with Gasteiger partial charge in [0.05, 0.1) is 12.2 Å². The van der Waals surface area contributed by atoms with Gasteiger partial charge in [-0.25, -0.2) is 14.2 Å². The van der Waals surface area contributed by atoms with Crippen LogP contribution < -0.4 is 20.9 Å². The number of alkyl carbamates (subject to hydrolysis) is 1. The Labute approximate surface area is 190 Å². The Morgan fingerprint density at radius 2 is 1.83 bits per heavy atom. The summed E-state index contributed by atoms with van der Waals surface area (Å²) in [7, 11) is 3.61. The van der Waals surface area contributed by atoms with E-state index in [0.29, 0.717) is 31.3 Å². The fourth-order valence-electron chi connectivity index (χ4n) is 2.32. The van der Waals surface area contributed by atoms with Crippen molar-refractivity contribution in [3.63, 3.8) is 0 Å². The largest absolute Gasteiger partial charge is 0.444 e. The number of aliphatic imine (C=N–C) groups is 1. The van der Waals surface area contributed by atoms with Gasteiger partial charge >= 0.3 is 6.09 Å². The highest BCUT2D eigenvalue weighted by Gasteiger charge is 2.15. The molecule has 0 atom stereocenters. The zero-order chi connectivity index (χ0) is 21.2. The van der Waals surface area contributed by atoms with E-state index in [-0.39, 0.29) is 29.8 Å². The number of carbonyl (C=O) groups excluding carboxylic acids is 1. The monoisotopic (exact) mass is 523 g/mol. The molecule has 0 aromatic heterocycles. The molecular formula is C20H35FIN5O2. The van der Waals surface area contributed by atoms with E-state index >= 15 is 0 Å². The number of nitrogens with zero attached hydrogens (tertiary/aromatic N) is 2. The second-order valence-electron chi connectivity index (χ2n) is 7.58. The van der Waals surface area contributed by atoms with E-state index in [1.54, 1.807) is 25.1 Å². The van der Waals surface area contributed by atoms with Gasteiger partial charge in [-0.2, -0.15) is 0 Å². The molecule has 0 bridgehead atoms. The predicted octanol–water partition coefficient (Wildman–Crippen LogP) is 3.48. The number of hydrogen-bond acceptors (Lipinski definition) is 4. The molecule has 166 valence electrons. The average molecular weight is 523 g/mol. The third-order valence-electron chi connectivity index (χ3n) is 3.57. The zero-order valence-electron chi connectivity index (χ0n) is 18.3. The summed E-state index contributed by atoms with van der Waals surface area (Å²) in [4.78, 5) is 17.8. The summed E-state index contributed by atoms with van der Waals surface area (Å²) in [6, 6.07) is 5.13. The van der Waals surface area contributed by atoms with Crippen molar-refractivity contribution in [3.8, 4) is 0 Å². The Morgan fingerprint density at radius 1 is 1.17 bits per heavy atom. The number of guanidine groups is 1. The molecular weight excluding hydrogens is 488 g/mol. The molecule has 9 heteroatoms. The lowest BCUT2D eigenvalue weighted by atomic mass is 10.2. The highest BCUT2D eigenvalue weighted by molar-refractivity contribution is 14.0. The van der Waals surface area contributed by atoms with Crippen LogP contribution >= 0.6 is 24.0 Å². The number of rotatable bonds is 8. The predicted molar refractivity (Wildman–Crippen MR) is 128 cm³/mol. The molecule has 0 aliphatic heterocycles. The van der Waals surface area contributed by atoms with Crippen LogP contribution in [0, 0.1) is 5.82 Å². The van der Waals surface area contributed by atoms with Gasteiger partial charge in [-0.1, -0.05) is 6.07 Å². The van der Waals surface area contributed by atoms with Gasteiger partial charge in [0.1, 0.15) is 11.4 Å². The first kappa shape index (κ1) is 27.2.